The molecule has 1 aromatic heterocycles. The number of nitrogens with zero attached hydrogens (tertiary/aromatic N) is 3. The average Bonchev–Trinajstić information content (AvgIpc) is 2.80. The minimum atomic E-state index is -0.480. The number of carbonyl (C=O) groups excluding carboxylic acids is 1. The summed E-state index contributed by atoms with van der Waals surface area (Å²) in [5.74, 6) is -0.303. The minimum absolute atomic E-state index is 0.00607. The maximum absolute atomic E-state index is 13.4. The Kier molecular flexibility index (Phi) is 6.47. The number of rotatable bonds is 6. The zero-order valence-electron chi connectivity index (χ0n) is 18.9. The number of thioether (sulfide) groups is 1. The number of fused-ring (bicyclic) bond motifs is 1. The number of nitrogens with one attached hydrogen (secondary N) is 1. The van der Waals surface area contributed by atoms with E-state index in [9.17, 15) is 19.7 Å². The van der Waals surface area contributed by atoms with Gasteiger partial charge in [0.15, 0.2) is 5.16 Å². The number of nitro benzene ring substituents is 1. The number of nitro groups is 1. The molecule has 0 saturated heterocycles. The van der Waals surface area contributed by atoms with Gasteiger partial charge in [0.05, 0.1) is 27.3 Å². The van der Waals surface area contributed by atoms with Crippen molar-refractivity contribution in [1.29, 1.82) is 0 Å². The summed E-state index contributed by atoms with van der Waals surface area (Å²) in [6.45, 7) is 5.61. The lowest BCUT2D eigenvalue weighted by molar-refractivity contribution is -0.384. The second-order valence-corrected chi connectivity index (χ2v) is 8.88. The maximum atomic E-state index is 13.4. The van der Waals surface area contributed by atoms with Gasteiger partial charge in [0.1, 0.15) is 0 Å². The summed E-state index contributed by atoms with van der Waals surface area (Å²) in [4.78, 5) is 41.2. The highest BCUT2D eigenvalue weighted by molar-refractivity contribution is 7.99. The van der Waals surface area contributed by atoms with E-state index in [1.807, 2.05) is 38.1 Å². The molecule has 3 aromatic carbocycles. The molecule has 9 heteroatoms. The monoisotopic (exact) mass is 474 g/mol. The molecule has 0 aliphatic carbocycles. The van der Waals surface area contributed by atoms with E-state index in [4.69, 9.17) is 0 Å². The van der Waals surface area contributed by atoms with E-state index in [2.05, 4.69) is 10.3 Å². The highest BCUT2D eigenvalue weighted by atomic mass is 32.2. The molecule has 1 N–H and O–H groups in total. The standard InChI is InChI=1S/C25H22N4O4S/c1-15-8-11-22(17(3)12-15)28-24(31)19-6-4-5-7-21(19)27-25(28)34-14-23(30)26-20-10-9-18(29(32)33)13-16(20)2/h4-13H,14H2,1-3H3,(H,26,30). The lowest BCUT2D eigenvalue weighted by Gasteiger charge is -2.15. The Labute approximate surface area is 199 Å². The fraction of sp³-hybridized carbons (Fsp3) is 0.160. The number of aromatic nitrogens is 2. The molecule has 1 amide bonds. The van der Waals surface area contributed by atoms with Crippen molar-refractivity contribution < 1.29 is 9.72 Å². The molecule has 1 heterocycles. The molecule has 0 radical (unpaired) electrons. The van der Waals surface area contributed by atoms with Gasteiger partial charge in [-0.2, -0.15) is 0 Å². The van der Waals surface area contributed by atoms with Gasteiger partial charge in [-0.3, -0.25) is 24.3 Å². The van der Waals surface area contributed by atoms with Crippen LogP contribution in [0.5, 0.6) is 0 Å². The van der Waals surface area contributed by atoms with Crippen LogP contribution < -0.4 is 10.9 Å². The Morgan fingerprint density at radius 1 is 1.06 bits per heavy atom. The van der Waals surface area contributed by atoms with Gasteiger partial charge in [-0.05, 0) is 56.2 Å². The number of hydrogen-bond acceptors (Lipinski definition) is 6. The molecule has 0 saturated carbocycles. The van der Waals surface area contributed by atoms with Crippen molar-refractivity contribution in [3.05, 3.63) is 97.8 Å². The number of carbonyl (C=O) groups is 1. The molecule has 0 aliphatic rings. The van der Waals surface area contributed by atoms with E-state index in [1.54, 1.807) is 29.7 Å². The van der Waals surface area contributed by atoms with Crippen molar-refractivity contribution in [3.63, 3.8) is 0 Å². The predicted octanol–water partition coefficient (Wildman–Crippen LogP) is 4.95. The lowest BCUT2D eigenvalue weighted by Crippen LogP contribution is -2.23. The molecular formula is C25H22N4O4S. The molecule has 4 rings (SSSR count). The Morgan fingerprint density at radius 2 is 1.82 bits per heavy atom. The third kappa shape index (κ3) is 4.69. The van der Waals surface area contributed by atoms with Crippen molar-refractivity contribution >= 4 is 39.9 Å². The molecule has 8 nitrogen and oxygen atoms in total. The Balaban J connectivity index is 1.66. The number of anilines is 1. The first-order valence-corrected chi connectivity index (χ1v) is 11.5. The molecule has 0 fully saturated rings. The fourth-order valence-electron chi connectivity index (χ4n) is 3.70. The molecular weight excluding hydrogens is 452 g/mol. The van der Waals surface area contributed by atoms with Crippen LogP contribution in [0.3, 0.4) is 0 Å². The minimum Gasteiger partial charge on any atom is -0.325 e. The smallest absolute Gasteiger partial charge is 0.269 e. The van der Waals surface area contributed by atoms with Crippen molar-refractivity contribution in [2.45, 2.75) is 25.9 Å². The normalized spacial score (nSPS) is 10.9. The molecule has 0 spiro atoms. The van der Waals surface area contributed by atoms with Crippen molar-refractivity contribution in [1.82, 2.24) is 9.55 Å². The lowest BCUT2D eigenvalue weighted by atomic mass is 10.1. The molecule has 4 aromatic rings. The molecule has 0 atom stereocenters. The third-order valence-corrected chi connectivity index (χ3v) is 6.30. The van der Waals surface area contributed by atoms with Crippen LogP contribution in [0.1, 0.15) is 16.7 Å². The van der Waals surface area contributed by atoms with Gasteiger partial charge >= 0.3 is 0 Å². The van der Waals surface area contributed by atoms with Crippen molar-refractivity contribution in [2.75, 3.05) is 11.1 Å². The Hall–Kier alpha value is -3.98. The highest BCUT2D eigenvalue weighted by Crippen LogP contribution is 2.25. The van der Waals surface area contributed by atoms with Gasteiger partial charge < -0.3 is 5.32 Å². The van der Waals surface area contributed by atoms with Gasteiger partial charge in [-0.25, -0.2) is 4.98 Å². The summed E-state index contributed by atoms with van der Waals surface area (Å²) in [7, 11) is 0. The van der Waals surface area contributed by atoms with Crippen LogP contribution in [-0.2, 0) is 4.79 Å². The molecule has 0 bridgehead atoms. The molecule has 34 heavy (non-hydrogen) atoms. The summed E-state index contributed by atoms with van der Waals surface area (Å²) < 4.78 is 1.55. The van der Waals surface area contributed by atoms with Crippen molar-refractivity contribution in [2.24, 2.45) is 0 Å². The van der Waals surface area contributed by atoms with Gasteiger partial charge in [-0.1, -0.05) is 41.6 Å². The van der Waals surface area contributed by atoms with Gasteiger partial charge in [0.25, 0.3) is 11.2 Å². The highest BCUT2D eigenvalue weighted by Gasteiger charge is 2.17. The SMILES string of the molecule is Cc1ccc(-n2c(SCC(=O)Nc3ccc([N+](=O)[O-])cc3C)nc3ccccc3c2=O)c(C)c1. The summed E-state index contributed by atoms with van der Waals surface area (Å²) in [5.41, 5.74) is 4.11. The quantitative estimate of drug-likeness (QED) is 0.183. The second-order valence-electron chi connectivity index (χ2n) is 7.94. The molecule has 172 valence electrons. The summed E-state index contributed by atoms with van der Waals surface area (Å²) in [6, 6.07) is 17.2. The number of para-hydroxylation sites is 1. The first-order valence-electron chi connectivity index (χ1n) is 10.5. The first kappa shape index (κ1) is 23.2. The van der Waals surface area contributed by atoms with E-state index < -0.39 is 4.92 Å². The van der Waals surface area contributed by atoms with Crippen LogP contribution in [0, 0.1) is 30.9 Å². The fourth-order valence-corrected chi connectivity index (χ4v) is 4.50. The Morgan fingerprint density at radius 3 is 2.53 bits per heavy atom. The zero-order chi connectivity index (χ0) is 24.4. The predicted molar refractivity (Wildman–Crippen MR) is 134 cm³/mol. The van der Waals surface area contributed by atoms with E-state index in [0.29, 0.717) is 33.0 Å². The van der Waals surface area contributed by atoms with Crippen LogP contribution in [0.4, 0.5) is 11.4 Å². The van der Waals surface area contributed by atoms with Crippen LogP contribution in [-0.4, -0.2) is 26.1 Å². The van der Waals surface area contributed by atoms with Gasteiger partial charge in [0, 0.05) is 17.8 Å². The van der Waals surface area contributed by atoms with Crippen LogP contribution in [0.15, 0.2) is 70.6 Å². The summed E-state index contributed by atoms with van der Waals surface area (Å²) in [5, 5.41) is 14.6. The zero-order valence-corrected chi connectivity index (χ0v) is 19.7. The Bertz CT molecular complexity index is 1500. The van der Waals surface area contributed by atoms with Gasteiger partial charge in [-0.15, -0.1) is 0 Å². The first-order chi connectivity index (χ1) is 16.2. The van der Waals surface area contributed by atoms with E-state index in [-0.39, 0.29) is 22.9 Å². The van der Waals surface area contributed by atoms with Crippen LogP contribution in [0.2, 0.25) is 0 Å². The van der Waals surface area contributed by atoms with E-state index in [1.165, 1.54) is 18.2 Å². The van der Waals surface area contributed by atoms with Gasteiger partial charge in [0.2, 0.25) is 5.91 Å². The number of amides is 1. The van der Waals surface area contributed by atoms with E-state index in [0.717, 1.165) is 22.9 Å². The second kappa shape index (κ2) is 9.48. The molecule has 0 unspecified atom stereocenters. The summed E-state index contributed by atoms with van der Waals surface area (Å²) in [6.07, 6.45) is 0. The van der Waals surface area contributed by atoms with Crippen LogP contribution >= 0.6 is 11.8 Å². The topological polar surface area (TPSA) is 107 Å². The van der Waals surface area contributed by atoms with E-state index >= 15 is 0 Å². The van der Waals surface area contributed by atoms with Crippen molar-refractivity contribution in [3.8, 4) is 5.69 Å². The number of hydrogen-bond donors (Lipinski definition) is 1. The maximum Gasteiger partial charge on any atom is 0.269 e. The number of aryl methyl sites for hydroxylation is 3. The number of benzene rings is 3. The largest absolute Gasteiger partial charge is 0.325 e. The third-order valence-electron chi connectivity index (χ3n) is 5.37. The van der Waals surface area contributed by atoms with Crippen LogP contribution in [0.25, 0.3) is 16.6 Å². The molecule has 0 aliphatic heterocycles. The average molecular weight is 475 g/mol. The number of non-ortho nitro benzene ring substituents is 1. The summed E-state index contributed by atoms with van der Waals surface area (Å²) >= 11 is 1.16.